The molecule has 2 aliphatic rings. The Morgan fingerprint density at radius 2 is 1.63 bits per heavy atom. The highest BCUT2D eigenvalue weighted by Gasteiger charge is 2.50. The molecule has 0 bridgehead atoms. The maximum Gasteiger partial charge on any atom is 0.253 e. The molecule has 5 nitrogen and oxygen atoms in total. The molecular weight excluding hydrogens is 376 g/mol. The second-order valence-corrected chi connectivity index (χ2v) is 8.48. The molecule has 1 aliphatic carbocycles. The minimum atomic E-state index is -1.06. The van der Waals surface area contributed by atoms with Gasteiger partial charge in [-0.2, -0.15) is 0 Å². The van der Waals surface area contributed by atoms with Crippen molar-refractivity contribution in [3.05, 3.63) is 66.5 Å². The van der Waals surface area contributed by atoms with Crippen LogP contribution in [0.25, 0.3) is 21.9 Å². The minimum Gasteiger partial charge on any atom is -0.382 e. The van der Waals surface area contributed by atoms with Crippen LogP contribution in [0.4, 0.5) is 0 Å². The van der Waals surface area contributed by atoms with Crippen LogP contribution in [0.1, 0.15) is 36.0 Å². The summed E-state index contributed by atoms with van der Waals surface area (Å²) < 4.78 is 0. The fourth-order valence-corrected chi connectivity index (χ4v) is 4.34. The Balaban J connectivity index is 1.26. The van der Waals surface area contributed by atoms with Crippen LogP contribution in [-0.2, 0) is 4.79 Å². The number of carbonyl (C=O) groups is 2. The van der Waals surface area contributed by atoms with Crippen molar-refractivity contribution in [2.45, 2.75) is 31.3 Å². The number of Topliss-reactive ketones (excluding diaryl/α,β-unsaturated/α-hetero) is 1. The van der Waals surface area contributed by atoms with Gasteiger partial charge in [0.25, 0.3) is 5.91 Å². The standard InChI is InChI=1S/C25H24N2O3/c28-23(25(30)10-11-25)18-8-13-27(14-9-18)24(29)19-3-1-17(2-4-19)20-5-6-22-16-26-12-7-21(22)15-20/h1-7,12,15-16,18,30H,8-11,13-14H2. The number of piperidine rings is 1. The first-order chi connectivity index (χ1) is 14.5. The summed E-state index contributed by atoms with van der Waals surface area (Å²) >= 11 is 0. The third-order valence-corrected chi connectivity index (χ3v) is 6.44. The quantitative estimate of drug-likeness (QED) is 0.722. The Morgan fingerprint density at radius 3 is 2.33 bits per heavy atom. The van der Waals surface area contributed by atoms with Crippen LogP contribution in [0.5, 0.6) is 0 Å². The molecule has 152 valence electrons. The summed E-state index contributed by atoms with van der Waals surface area (Å²) in [5.41, 5.74) is 1.76. The molecule has 0 unspecified atom stereocenters. The molecule has 0 spiro atoms. The molecule has 5 rings (SSSR count). The first kappa shape index (κ1) is 18.9. The zero-order chi connectivity index (χ0) is 20.7. The van der Waals surface area contributed by atoms with E-state index in [1.807, 2.05) is 41.4 Å². The van der Waals surface area contributed by atoms with Crippen molar-refractivity contribution in [1.29, 1.82) is 0 Å². The third kappa shape index (κ3) is 3.50. The van der Waals surface area contributed by atoms with E-state index in [1.54, 1.807) is 6.20 Å². The lowest BCUT2D eigenvalue weighted by Crippen LogP contribution is -2.42. The number of hydrogen-bond donors (Lipinski definition) is 1. The van der Waals surface area contributed by atoms with Crippen molar-refractivity contribution in [2.75, 3.05) is 13.1 Å². The van der Waals surface area contributed by atoms with Gasteiger partial charge in [-0.1, -0.05) is 24.3 Å². The van der Waals surface area contributed by atoms with E-state index in [0.29, 0.717) is 44.3 Å². The number of hydrogen-bond acceptors (Lipinski definition) is 4. The molecule has 1 aromatic heterocycles. The van der Waals surface area contributed by atoms with E-state index < -0.39 is 5.60 Å². The maximum absolute atomic E-state index is 12.9. The number of nitrogens with zero attached hydrogens (tertiary/aromatic N) is 2. The average Bonchev–Trinajstić information content (AvgIpc) is 3.56. The van der Waals surface area contributed by atoms with Crippen molar-refractivity contribution >= 4 is 22.5 Å². The van der Waals surface area contributed by atoms with Crippen molar-refractivity contribution < 1.29 is 14.7 Å². The Morgan fingerprint density at radius 1 is 0.933 bits per heavy atom. The van der Waals surface area contributed by atoms with Crippen LogP contribution in [-0.4, -0.2) is 45.4 Å². The first-order valence-corrected chi connectivity index (χ1v) is 10.5. The van der Waals surface area contributed by atoms with Crippen LogP contribution >= 0.6 is 0 Å². The molecule has 2 fully saturated rings. The van der Waals surface area contributed by atoms with Crippen molar-refractivity contribution in [2.24, 2.45) is 5.92 Å². The number of rotatable bonds is 4. The van der Waals surface area contributed by atoms with Crippen LogP contribution < -0.4 is 0 Å². The molecule has 0 radical (unpaired) electrons. The molecule has 5 heteroatoms. The van der Waals surface area contributed by atoms with Gasteiger partial charge in [-0.3, -0.25) is 14.6 Å². The zero-order valence-electron chi connectivity index (χ0n) is 16.8. The average molecular weight is 400 g/mol. The largest absolute Gasteiger partial charge is 0.382 e. The predicted octanol–water partition coefficient (Wildman–Crippen LogP) is 3.85. The second kappa shape index (κ2) is 7.33. The number of fused-ring (bicyclic) bond motifs is 1. The van der Waals surface area contributed by atoms with Gasteiger partial charge in [0.2, 0.25) is 0 Å². The minimum absolute atomic E-state index is 0.00201. The van der Waals surface area contributed by atoms with Gasteiger partial charge < -0.3 is 10.0 Å². The van der Waals surface area contributed by atoms with Gasteiger partial charge in [-0.15, -0.1) is 0 Å². The molecule has 30 heavy (non-hydrogen) atoms. The van der Waals surface area contributed by atoms with Gasteiger partial charge in [-0.05, 0) is 66.5 Å². The molecule has 1 saturated heterocycles. The Labute approximate surface area is 175 Å². The SMILES string of the molecule is O=C(c1ccc(-c2ccc3cnccc3c2)cc1)N1CCC(C(=O)C2(O)CC2)CC1. The number of ketones is 1. The van der Waals surface area contributed by atoms with E-state index in [2.05, 4.69) is 23.2 Å². The van der Waals surface area contributed by atoms with E-state index in [-0.39, 0.29) is 17.6 Å². The van der Waals surface area contributed by atoms with Gasteiger partial charge >= 0.3 is 0 Å². The molecule has 1 N–H and O–H groups in total. The van der Waals surface area contributed by atoms with Gasteiger partial charge in [0.15, 0.2) is 5.78 Å². The summed E-state index contributed by atoms with van der Waals surface area (Å²) in [7, 11) is 0. The summed E-state index contributed by atoms with van der Waals surface area (Å²) in [5.74, 6) is -0.140. The maximum atomic E-state index is 12.9. The number of aromatic nitrogens is 1. The Kier molecular flexibility index (Phi) is 4.63. The molecule has 1 aliphatic heterocycles. The monoisotopic (exact) mass is 400 g/mol. The highest BCUT2D eigenvalue weighted by molar-refractivity contribution is 5.96. The third-order valence-electron chi connectivity index (χ3n) is 6.44. The highest BCUT2D eigenvalue weighted by Crippen LogP contribution is 2.40. The van der Waals surface area contributed by atoms with Crippen LogP contribution in [0.3, 0.4) is 0 Å². The molecule has 0 atom stereocenters. The van der Waals surface area contributed by atoms with Crippen LogP contribution in [0.15, 0.2) is 60.9 Å². The van der Waals surface area contributed by atoms with E-state index in [0.717, 1.165) is 21.9 Å². The van der Waals surface area contributed by atoms with Crippen molar-refractivity contribution in [3.8, 4) is 11.1 Å². The van der Waals surface area contributed by atoms with E-state index in [1.165, 1.54) is 0 Å². The zero-order valence-corrected chi connectivity index (χ0v) is 16.8. The number of amides is 1. The predicted molar refractivity (Wildman–Crippen MR) is 115 cm³/mol. The number of carbonyl (C=O) groups excluding carboxylic acids is 2. The van der Waals surface area contributed by atoms with Gasteiger partial charge in [0.05, 0.1) is 0 Å². The van der Waals surface area contributed by atoms with Crippen LogP contribution in [0, 0.1) is 5.92 Å². The molecule has 2 heterocycles. The number of likely N-dealkylation sites (tertiary alicyclic amines) is 1. The highest BCUT2D eigenvalue weighted by atomic mass is 16.3. The summed E-state index contributed by atoms with van der Waals surface area (Å²) in [6.45, 7) is 1.12. The Bertz CT molecular complexity index is 1110. The first-order valence-electron chi connectivity index (χ1n) is 10.5. The van der Waals surface area contributed by atoms with Crippen molar-refractivity contribution in [3.63, 3.8) is 0 Å². The summed E-state index contributed by atoms with van der Waals surface area (Å²) in [6.07, 6.45) is 6.09. The van der Waals surface area contributed by atoms with Gasteiger partial charge in [0.1, 0.15) is 5.60 Å². The number of aliphatic hydroxyl groups is 1. The Hall–Kier alpha value is -3.05. The lowest BCUT2D eigenvalue weighted by Gasteiger charge is -2.32. The molecule has 2 aromatic carbocycles. The van der Waals surface area contributed by atoms with E-state index in [4.69, 9.17) is 0 Å². The topological polar surface area (TPSA) is 70.5 Å². The van der Waals surface area contributed by atoms with Gasteiger partial charge in [-0.25, -0.2) is 0 Å². The summed E-state index contributed by atoms with van der Waals surface area (Å²) in [4.78, 5) is 31.2. The molecule has 1 saturated carbocycles. The van der Waals surface area contributed by atoms with Crippen molar-refractivity contribution in [1.82, 2.24) is 9.88 Å². The second-order valence-electron chi connectivity index (χ2n) is 8.48. The fraction of sp³-hybridized carbons (Fsp3) is 0.320. The molecule has 3 aromatic rings. The molecule has 1 amide bonds. The van der Waals surface area contributed by atoms with E-state index >= 15 is 0 Å². The normalized spacial score (nSPS) is 18.4. The summed E-state index contributed by atoms with van der Waals surface area (Å²) in [6, 6.07) is 16.0. The lowest BCUT2D eigenvalue weighted by molar-refractivity contribution is -0.134. The fourth-order valence-electron chi connectivity index (χ4n) is 4.34. The number of pyridine rings is 1. The number of benzene rings is 2. The summed E-state index contributed by atoms with van der Waals surface area (Å²) in [5, 5.41) is 12.3. The smallest absolute Gasteiger partial charge is 0.253 e. The van der Waals surface area contributed by atoms with Crippen LogP contribution in [0.2, 0.25) is 0 Å². The van der Waals surface area contributed by atoms with Gasteiger partial charge in [0, 0.05) is 42.4 Å². The van der Waals surface area contributed by atoms with E-state index in [9.17, 15) is 14.7 Å². The lowest BCUT2D eigenvalue weighted by atomic mass is 9.88. The molecular formula is C25H24N2O3.